The van der Waals surface area contributed by atoms with Crippen molar-refractivity contribution < 1.29 is 24.2 Å². The van der Waals surface area contributed by atoms with Crippen molar-refractivity contribution in [3.8, 4) is 6.07 Å². The largest absolute Gasteiger partial charge is 0.480 e. The Morgan fingerprint density at radius 3 is 2.62 bits per heavy atom. The molecule has 4 N–H and O–H groups in total. The zero-order valence-electron chi connectivity index (χ0n) is 16.3. The molecule has 2 amide bonds. The number of hydrogen-bond acceptors (Lipinski definition) is 6. The van der Waals surface area contributed by atoms with Crippen molar-refractivity contribution in [1.82, 2.24) is 10.2 Å². The Bertz CT molecular complexity index is 774. The molecule has 1 aromatic carbocycles. The van der Waals surface area contributed by atoms with E-state index in [0.717, 1.165) is 12.8 Å². The Kier molecular flexibility index (Phi) is 8.12. The molecular weight excluding hydrogens is 376 g/mol. The lowest BCUT2D eigenvalue weighted by molar-refractivity contribution is -0.150. The maximum absolute atomic E-state index is 12.7. The van der Waals surface area contributed by atoms with Gasteiger partial charge in [-0.3, -0.25) is 9.59 Å². The van der Waals surface area contributed by atoms with Crippen LogP contribution in [0.2, 0.25) is 0 Å². The molecule has 1 aromatic rings. The lowest BCUT2D eigenvalue weighted by Gasteiger charge is -2.42. The standard InChI is InChI=1S/C20H26N4O5/c1-2-3-4-18(25)24-11-15(22)16(29-12-19(26)27)9-17(24)23-20(28)14-7-5-13(10-21)6-8-14/h5-8,15-17H,2-4,9,11-12,22H2,1H3,(H,23,28)(H,26,27). The van der Waals surface area contributed by atoms with Gasteiger partial charge < -0.3 is 25.8 Å². The summed E-state index contributed by atoms with van der Waals surface area (Å²) in [5.41, 5.74) is 6.89. The number of likely N-dealkylation sites (tertiary alicyclic amines) is 1. The van der Waals surface area contributed by atoms with E-state index in [4.69, 9.17) is 20.8 Å². The Balaban J connectivity index is 2.15. The van der Waals surface area contributed by atoms with Crippen LogP contribution < -0.4 is 11.1 Å². The SMILES string of the molecule is CCCCC(=O)N1CC(N)C(OCC(=O)O)CC1NC(=O)c1ccc(C#N)cc1. The summed E-state index contributed by atoms with van der Waals surface area (Å²) < 4.78 is 5.36. The van der Waals surface area contributed by atoms with Crippen molar-refractivity contribution in [3.63, 3.8) is 0 Å². The predicted octanol–water partition coefficient (Wildman–Crippen LogP) is 0.834. The number of amides is 2. The van der Waals surface area contributed by atoms with Crippen LogP contribution in [0, 0.1) is 11.3 Å². The van der Waals surface area contributed by atoms with Crippen molar-refractivity contribution in [2.24, 2.45) is 5.73 Å². The Morgan fingerprint density at radius 1 is 1.34 bits per heavy atom. The van der Waals surface area contributed by atoms with E-state index >= 15 is 0 Å². The number of hydrogen-bond donors (Lipinski definition) is 3. The molecule has 0 bridgehead atoms. The molecule has 1 heterocycles. The third-order valence-electron chi connectivity index (χ3n) is 4.78. The predicted molar refractivity (Wildman–Crippen MR) is 104 cm³/mol. The number of piperidine rings is 1. The maximum atomic E-state index is 12.7. The number of nitrogens with two attached hydrogens (primary N) is 1. The molecule has 3 atom stereocenters. The molecule has 0 aliphatic carbocycles. The smallest absolute Gasteiger partial charge is 0.329 e. The molecule has 156 valence electrons. The molecule has 0 spiro atoms. The minimum Gasteiger partial charge on any atom is -0.480 e. The number of carbonyl (C=O) groups is 3. The van der Waals surface area contributed by atoms with Crippen molar-refractivity contribution in [2.45, 2.75) is 50.9 Å². The zero-order valence-corrected chi connectivity index (χ0v) is 16.3. The first-order chi connectivity index (χ1) is 13.8. The van der Waals surface area contributed by atoms with E-state index in [0.29, 0.717) is 17.5 Å². The van der Waals surface area contributed by atoms with Gasteiger partial charge in [0.2, 0.25) is 5.91 Å². The first-order valence-electron chi connectivity index (χ1n) is 9.55. The van der Waals surface area contributed by atoms with Gasteiger partial charge in [-0.1, -0.05) is 13.3 Å². The van der Waals surface area contributed by atoms with Gasteiger partial charge in [0.1, 0.15) is 12.8 Å². The number of nitriles is 1. The zero-order chi connectivity index (χ0) is 21.4. The monoisotopic (exact) mass is 402 g/mol. The van der Waals surface area contributed by atoms with Crippen LogP contribution in [0.5, 0.6) is 0 Å². The summed E-state index contributed by atoms with van der Waals surface area (Å²) in [6.45, 7) is 1.64. The van der Waals surface area contributed by atoms with Crippen LogP contribution in [0.15, 0.2) is 24.3 Å². The lowest BCUT2D eigenvalue weighted by Crippen LogP contribution is -2.63. The second-order valence-corrected chi connectivity index (χ2v) is 6.97. The highest BCUT2D eigenvalue weighted by molar-refractivity contribution is 5.94. The van der Waals surface area contributed by atoms with Gasteiger partial charge >= 0.3 is 5.97 Å². The van der Waals surface area contributed by atoms with Crippen LogP contribution in [-0.2, 0) is 14.3 Å². The van der Waals surface area contributed by atoms with Crippen molar-refractivity contribution in [1.29, 1.82) is 5.26 Å². The average Bonchev–Trinajstić information content (AvgIpc) is 2.71. The summed E-state index contributed by atoms with van der Waals surface area (Å²) in [7, 11) is 0. The fourth-order valence-corrected chi connectivity index (χ4v) is 3.18. The van der Waals surface area contributed by atoms with Gasteiger partial charge in [0.15, 0.2) is 0 Å². The summed E-state index contributed by atoms with van der Waals surface area (Å²) in [4.78, 5) is 37.6. The summed E-state index contributed by atoms with van der Waals surface area (Å²) in [6.07, 6.45) is 0.841. The van der Waals surface area contributed by atoms with E-state index in [2.05, 4.69) is 5.32 Å². The molecule has 9 heteroatoms. The maximum Gasteiger partial charge on any atom is 0.329 e. The van der Waals surface area contributed by atoms with Crippen molar-refractivity contribution in [2.75, 3.05) is 13.2 Å². The molecule has 1 saturated heterocycles. The summed E-state index contributed by atoms with van der Waals surface area (Å²) in [5, 5.41) is 20.5. The summed E-state index contributed by atoms with van der Waals surface area (Å²) in [6, 6.07) is 7.57. The van der Waals surface area contributed by atoms with E-state index in [1.54, 1.807) is 0 Å². The fourth-order valence-electron chi connectivity index (χ4n) is 3.18. The van der Waals surface area contributed by atoms with Gasteiger partial charge in [-0.15, -0.1) is 0 Å². The Labute approximate surface area is 169 Å². The first kappa shape index (κ1) is 22.3. The number of nitrogens with one attached hydrogen (secondary N) is 1. The van der Waals surface area contributed by atoms with Gasteiger partial charge in [-0.25, -0.2) is 4.79 Å². The number of rotatable bonds is 8. The van der Waals surface area contributed by atoms with Gasteiger partial charge in [-0.2, -0.15) is 5.26 Å². The molecule has 3 unspecified atom stereocenters. The molecule has 0 radical (unpaired) electrons. The molecule has 0 aromatic heterocycles. The number of carbonyl (C=O) groups excluding carboxylic acids is 2. The van der Waals surface area contributed by atoms with E-state index in [9.17, 15) is 14.4 Å². The van der Waals surface area contributed by atoms with Gasteiger partial charge in [0.05, 0.1) is 17.7 Å². The van der Waals surface area contributed by atoms with E-state index in [1.807, 2.05) is 13.0 Å². The molecule has 9 nitrogen and oxygen atoms in total. The van der Waals surface area contributed by atoms with Crippen LogP contribution >= 0.6 is 0 Å². The van der Waals surface area contributed by atoms with Crippen molar-refractivity contribution >= 4 is 17.8 Å². The highest BCUT2D eigenvalue weighted by Crippen LogP contribution is 2.20. The molecule has 29 heavy (non-hydrogen) atoms. The average molecular weight is 402 g/mol. The highest BCUT2D eigenvalue weighted by atomic mass is 16.5. The van der Waals surface area contributed by atoms with E-state index < -0.39 is 36.8 Å². The number of benzene rings is 1. The molecule has 1 aliphatic rings. The van der Waals surface area contributed by atoms with E-state index in [-0.39, 0.29) is 18.9 Å². The number of aliphatic carboxylic acids is 1. The van der Waals surface area contributed by atoms with Crippen LogP contribution in [0.25, 0.3) is 0 Å². The third kappa shape index (κ3) is 6.27. The number of carboxylic acid groups (broad SMARTS) is 1. The van der Waals surface area contributed by atoms with Crippen LogP contribution in [-0.4, -0.2) is 59.3 Å². The molecular formula is C20H26N4O5. The topological polar surface area (TPSA) is 146 Å². The molecule has 2 rings (SSSR count). The van der Waals surface area contributed by atoms with Crippen molar-refractivity contribution in [3.05, 3.63) is 35.4 Å². The van der Waals surface area contributed by atoms with Crippen LogP contribution in [0.1, 0.15) is 48.5 Å². The quantitative estimate of drug-likeness (QED) is 0.584. The number of unbranched alkanes of at least 4 members (excludes halogenated alkanes) is 1. The summed E-state index contributed by atoms with van der Waals surface area (Å²) in [5.74, 6) is -1.64. The first-order valence-corrected chi connectivity index (χ1v) is 9.55. The third-order valence-corrected chi connectivity index (χ3v) is 4.78. The van der Waals surface area contributed by atoms with Crippen LogP contribution in [0.4, 0.5) is 0 Å². The Hall–Kier alpha value is -2.96. The number of carboxylic acids is 1. The molecule has 0 saturated carbocycles. The Morgan fingerprint density at radius 2 is 2.03 bits per heavy atom. The number of nitrogens with zero attached hydrogens (tertiary/aromatic N) is 2. The number of ether oxygens (including phenoxy) is 1. The van der Waals surface area contributed by atoms with Gasteiger partial charge in [-0.05, 0) is 30.7 Å². The second kappa shape index (κ2) is 10.5. The minimum atomic E-state index is -1.11. The summed E-state index contributed by atoms with van der Waals surface area (Å²) >= 11 is 0. The van der Waals surface area contributed by atoms with E-state index in [1.165, 1.54) is 29.2 Å². The highest BCUT2D eigenvalue weighted by Gasteiger charge is 2.37. The second-order valence-electron chi connectivity index (χ2n) is 6.97. The van der Waals surface area contributed by atoms with Crippen LogP contribution in [0.3, 0.4) is 0 Å². The minimum absolute atomic E-state index is 0.121. The lowest BCUT2D eigenvalue weighted by atomic mass is 9.98. The normalized spacial score (nSPS) is 21.3. The van der Waals surface area contributed by atoms with Gasteiger partial charge in [0.25, 0.3) is 5.91 Å². The molecule has 1 aliphatic heterocycles. The molecule has 1 fully saturated rings. The van der Waals surface area contributed by atoms with Gasteiger partial charge in [0, 0.05) is 31.0 Å². The fraction of sp³-hybridized carbons (Fsp3) is 0.500.